The molecule has 3 N–H and O–H groups in total. The van der Waals surface area contributed by atoms with E-state index < -0.39 is 17.4 Å². The van der Waals surface area contributed by atoms with Crippen molar-refractivity contribution in [3.8, 4) is 5.75 Å². The van der Waals surface area contributed by atoms with Crippen LogP contribution in [0.2, 0.25) is 0 Å². The summed E-state index contributed by atoms with van der Waals surface area (Å²) in [6.07, 6.45) is 8.17. The Morgan fingerprint density at radius 2 is 1.69 bits per heavy atom. The van der Waals surface area contributed by atoms with Crippen molar-refractivity contribution in [3.63, 3.8) is 0 Å². The number of piperidine rings is 1. The quantitative estimate of drug-likeness (QED) is 0.228. The smallest absolute Gasteiger partial charge is 0.291 e. The summed E-state index contributed by atoms with van der Waals surface area (Å²) in [6, 6.07) is 18.6. The Bertz CT molecular complexity index is 978. The Balaban J connectivity index is 0.000000371. The van der Waals surface area contributed by atoms with E-state index in [1.165, 1.54) is 16.0 Å². The SMILES string of the molecule is CCC(C)(C)C(=O)C(=O)N1CCCCC1C=O.CO.NCCCOc1cccc(CCCc2ccccc2)c1. The molecule has 1 unspecified atom stereocenters. The lowest BCUT2D eigenvalue weighted by Crippen LogP contribution is -2.50. The molecule has 7 nitrogen and oxygen atoms in total. The molecule has 1 heterocycles. The molecule has 1 atom stereocenters. The van der Waals surface area contributed by atoms with Crippen LogP contribution in [0.3, 0.4) is 0 Å². The first-order valence-electron chi connectivity index (χ1n) is 14.0. The van der Waals surface area contributed by atoms with Crippen LogP contribution in [-0.2, 0) is 27.2 Å². The van der Waals surface area contributed by atoms with Crippen molar-refractivity contribution >= 4 is 18.0 Å². The van der Waals surface area contributed by atoms with Crippen LogP contribution in [0.5, 0.6) is 5.75 Å². The lowest BCUT2D eigenvalue weighted by molar-refractivity contribution is -0.152. The number of hydrogen-bond acceptors (Lipinski definition) is 6. The Labute approximate surface area is 234 Å². The highest BCUT2D eigenvalue weighted by molar-refractivity contribution is 6.38. The topological polar surface area (TPSA) is 110 Å². The molecule has 0 spiro atoms. The molecule has 1 saturated heterocycles. The fourth-order valence-corrected chi connectivity index (χ4v) is 4.14. The number of aliphatic hydroxyl groups is 1. The summed E-state index contributed by atoms with van der Waals surface area (Å²) in [4.78, 5) is 36.5. The number of aryl methyl sites for hydroxylation is 2. The molecule has 1 amide bonds. The van der Waals surface area contributed by atoms with Crippen LogP contribution < -0.4 is 10.5 Å². The van der Waals surface area contributed by atoms with E-state index in [0.717, 1.165) is 57.7 Å². The molecule has 7 heteroatoms. The molecule has 2 aromatic carbocycles. The van der Waals surface area contributed by atoms with Gasteiger partial charge in [-0.15, -0.1) is 0 Å². The van der Waals surface area contributed by atoms with Gasteiger partial charge in [-0.1, -0.05) is 63.2 Å². The van der Waals surface area contributed by atoms with Gasteiger partial charge >= 0.3 is 0 Å². The summed E-state index contributed by atoms with van der Waals surface area (Å²) >= 11 is 0. The molecule has 0 radical (unpaired) electrons. The van der Waals surface area contributed by atoms with E-state index in [-0.39, 0.29) is 5.78 Å². The van der Waals surface area contributed by atoms with Gasteiger partial charge in [0.15, 0.2) is 0 Å². The molecule has 216 valence electrons. The molecule has 0 aromatic heterocycles. The first-order chi connectivity index (χ1) is 18.8. The third-order valence-electron chi connectivity index (χ3n) is 6.95. The van der Waals surface area contributed by atoms with Gasteiger partial charge in [0, 0.05) is 19.1 Å². The van der Waals surface area contributed by atoms with Gasteiger partial charge in [0.1, 0.15) is 12.0 Å². The maximum absolute atomic E-state index is 12.1. The van der Waals surface area contributed by atoms with Crippen LogP contribution in [0.15, 0.2) is 54.6 Å². The van der Waals surface area contributed by atoms with Crippen molar-refractivity contribution in [2.24, 2.45) is 11.1 Å². The van der Waals surface area contributed by atoms with Crippen molar-refractivity contribution < 1.29 is 24.2 Å². The number of ether oxygens (including phenoxy) is 1. The number of Topliss-reactive ketones (excluding diaryl/α,β-unsaturated/α-hetero) is 1. The fraction of sp³-hybridized carbons (Fsp3) is 0.531. The third kappa shape index (κ3) is 12.1. The van der Waals surface area contributed by atoms with Crippen molar-refractivity contribution in [3.05, 3.63) is 65.7 Å². The maximum Gasteiger partial charge on any atom is 0.291 e. The number of ketones is 1. The van der Waals surface area contributed by atoms with Gasteiger partial charge < -0.3 is 25.3 Å². The first kappa shape index (κ1) is 34.0. The van der Waals surface area contributed by atoms with E-state index in [1.54, 1.807) is 13.8 Å². The van der Waals surface area contributed by atoms with E-state index in [9.17, 15) is 14.4 Å². The number of amides is 1. The Morgan fingerprint density at radius 3 is 2.33 bits per heavy atom. The lowest BCUT2D eigenvalue weighted by atomic mass is 9.84. The summed E-state index contributed by atoms with van der Waals surface area (Å²) in [6.45, 7) is 7.33. The number of nitrogens with zero attached hydrogens (tertiary/aromatic N) is 1. The van der Waals surface area contributed by atoms with Gasteiger partial charge in [0.2, 0.25) is 5.78 Å². The van der Waals surface area contributed by atoms with E-state index in [4.69, 9.17) is 15.6 Å². The van der Waals surface area contributed by atoms with Crippen molar-refractivity contribution in [2.45, 2.75) is 78.2 Å². The van der Waals surface area contributed by atoms with Crippen LogP contribution >= 0.6 is 0 Å². The number of aliphatic hydroxyl groups excluding tert-OH is 1. The molecule has 0 aliphatic carbocycles. The zero-order chi connectivity index (χ0) is 29.1. The molecule has 1 aliphatic rings. The van der Waals surface area contributed by atoms with E-state index in [0.29, 0.717) is 32.5 Å². The fourth-order valence-electron chi connectivity index (χ4n) is 4.14. The molecule has 1 fully saturated rings. The molecule has 0 saturated carbocycles. The van der Waals surface area contributed by atoms with Crippen molar-refractivity contribution in [2.75, 3.05) is 26.8 Å². The summed E-state index contributed by atoms with van der Waals surface area (Å²) in [5, 5.41) is 7.00. The van der Waals surface area contributed by atoms with Crippen LogP contribution in [-0.4, -0.2) is 60.8 Å². The van der Waals surface area contributed by atoms with Gasteiger partial charge in [-0.2, -0.15) is 0 Å². The number of rotatable bonds is 12. The molecule has 0 bridgehead atoms. The second-order valence-electron chi connectivity index (χ2n) is 10.2. The number of hydrogen-bond donors (Lipinski definition) is 2. The van der Waals surface area contributed by atoms with E-state index in [1.807, 2.05) is 13.0 Å². The molecule has 1 aliphatic heterocycles. The predicted molar refractivity (Wildman–Crippen MR) is 157 cm³/mol. The number of carbonyl (C=O) groups excluding carboxylic acids is 3. The molecule has 2 aromatic rings. The average Bonchev–Trinajstić information content (AvgIpc) is 2.98. The highest BCUT2D eigenvalue weighted by Crippen LogP contribution is 2.24. The Kier molecular flexibility index (Phi) is 16.6. The lowest BCUT2D eigenvalue weighted by Gasteiger charge is -2.33. The van der Waals surface area contributed by atoms with E-state index in [2.05, 4.69) is 48.5 Å². The predicted octanol–water partition coefficient (Wildman–Crippen LogP) is 4.77. The van der Waals surface area contributed by atoms with Crippen LogP contribution in [0.4, 0.5) is 0 Å². The number of likely N-dealkylation sites (tertiary alicyclic amines) is 1. The molecule has 39 heavy (non-hydrogen) atoms. The summed E-state index contributed by atoms with van der Waals surface area (Å²) in [5.74, 6) is 0.0815. The van der Waals surface area contributed by atoms with Gasteiger partial charge in [-0.3, -0.25) is 9.59 Å². The number of aldehydes is 1. The van der Waals surface area contributed by atoms with Crippen LogP contribution in [0.1, 0.15) is 70.4 Å². The highest BCUT2D eigenvalue weighted by atomic mass is 16.5. The monoisotopic (exact) mass is 540 g/mol. The maximum atomic E-state index is 12.1. The second kappa shape index (κ2) is 19.1. The number of nitrogens with two attached hydrogens (primary N) is 1. The summed E-state index contributed by atoms with van der Waals surface area (Å²) in [5.41, 5.74) is 7.57. The number of benzene rings is 2. The minimum atomic E-state index is -0.637. The minimum Gasteiger partial charge on any atom is -0.494 e. The normalized spacial score (nSPS) is 14.7. The average molecular weight is 541 g/mol. The zero-order valence-corrected chi connectivity index (χ0v) is 24.2. The number of carbonyl (C=O) groups is 3. The third-order valence-corrected chi connectivity index (χ3v) is 6.95. The first-order valence-corrected chi connectivity index (χ1v) is 14.0. The van der Waals surface area contributed by atoms with Gasteiger partial charge in [-0.25, -0.2) is 0 Å². The zero-order valence-electron chi connectivity index (χ0n) is 24.2. The van der Waals surface area contributed by atoms with Gasteiger partial charge in [-0.05, 0) is 81.2 Å². The summed E-state index contributed by atoms with van der Waals surface area (Å²) < 4.78 is 5.67. The minimum absolute atomic E-state index is 0.381. The second-order valence-corrected chi connectivity index (χ2v) is 10.2. The van der Waals surface area contributed by atoms with Crippen molar-refractivity contribution in [1.29, 1.82) is 0 Å². The Morgan fingerprint density at radius 1 is 1.03 bits per heavy atom. The van der Waals surface area contributed by atoms with Gasteiger partial charge in [0.25, 0.3) is 5.91 Å². The Hall–Kier alpha value is -3.03. The van der Waals surface area contributed by atoms with Crippen LogP contribution in [0.25, 0.3) is 0 Å². The highest BCUT2D eigenvalue weighted by Gasteiger charge is 2.37. The summed E-state index contributed by atoms with van der Waals surface area (Å²) in [7, 11) is 1.00. The van der Waals surface area contributed by atoms with Gasteiger partial charge in [0.05, 0.1) is 12.6 Å². The van der Waals surface area contributed by atoms with Crippen LogP contribution in [0, 0.1) is 5.41 Å². The van der Waals surface area contributed by atoms with E-state index >= 15 is 0 Å². The molecular weight excluding hydrogens is 492 g/mol. The molecule has 3 rings (SSSR count). The largest absolute Gasteiger partial charge is 0.494 e. The standard InChI is InChI=1S/C18H23NO.C13H21NO3.CH4O/c19-13-6-14-20-18-12-5-11-17(15-18)10-4-9-16-7-2-1-3-8-16;1-4-13(2,3)11(16)12(17)14-8-6-5-7-10(14)9-15;1-2/h1-3,5,7-8,11-12,15H,4,6,9-10,13-14,19H2;9-10H,4-8H2,1-3H3;2H,1H3. The van der Waals surface area contributed by atoms with Crippen molar-refractivity contribution in [1.82, 2.24) is 4.90 Å². The molecular formula is C32H48N2O5.